The zero-order chi connectivity index (χ0) is 18.9. The summed E-state index contributed by atoms with van der Waals surface area (Å²) in [6.45, 7) is 9.10. The molecular weight excluding hydrogens is 330 g/mol. The molecule has 1 amide bonds. The minimum atomic E-state index is -0.578. The Morgan fingerprint density at radius 1 is 1.04 bits per heavy atom. The largest absolute Gasteiger partial charge is 0.490 e. The van der Waals surface area contributed by atoms with Gasteiger partial charge in [-0.3, -0.25) is 4.79 Å². The quantitative estimate of drug-likeness (QED) is 0.740. The first-order valence-electron chi connectivity index (χ1n) is 8.93. The first-order valence-corrected chi connectivity index (χ1v) is 8.93. The van der Waals surface area contributed by atoms with Gasteiger partial charge in [0, 0.05) is 6.54 Å². The lowest BCUT2D eigenvalue weighted by molar-refractivity contribution is -0.127. The zero-order valence-electron chi connectivity index (χ0n) is 15.9. The average molecular weight is 357 g/mol. The van der Waals surface area contributed by atoms with E-state index in [0.29, 0.717) is 37.0 Å². The van der Waals surface area contributed by atoms with Gasteiger partial charge in [0.25, 0.3) is 5.91 Å². The number of amides is 1. The second-order valence-electron chi connectivity index (χ2n) is 5.94. The van der Waals surface area contributed by atoms with E-state index in [9.17, 15) is 4.79 Å². The van der Waals surface area contributed by atoms with Crippen molar-refractivity contribution < 1.29 is 19.0 Å². The molecule has 1 N–H and O–H groups in total. The predicted octanol–water partition coefficient (Wildman–Crippen LogP) is 3.88. The molecule has 0 aromatic heterocycles. The molecule has 26 heavy (non-hydrogen) atoms. The van der Waals surface area contributed by atoms with Crippen LogP contribution in [0, 0.1) is 6.92 Å². The Bertz CT molecular complexity index is 730. The van der Waals surface area contributed by atoms with Crippen LogP contribution in [0.1, 0.15) is 31.9 Å². The highest BCUT2D eigenvalue weighted by Crippen LogP contribution is 2.28. The number of benzene rings is 2. The molecule has 5 heteroatoms. The minimum Gasteiger partial charge on any atom is -0.490 e. The fourth-order valence-electron chi connectivity index (χ4n) is 2.48. The third-order valence-electron chi connectivity index (χ3n) is 3.75. The lowest BCUT2D eigenvalue weighted by atomic mass is 10.2. The van der Waals surface area contributed by atoms with Crippen LogP contribution in [0.3, 0.4) is 0 Å². The molecule has 0 aliphatic heterocycles. The van der Waals surface area contributed by atoms with Gasteiger partial charge in [-0.05, 0) is 63.1 Å². The second kappa shape index (κ2) is 9.70. The molecule has 0 aliphatic rings. The molecule has 5 nitrogen and oxygen atoms in total. The summed E-state index contributed by atoms with van der Waals surface area (Å²) in [4.78, 5) is 12.3. The summed E-state index contributed by atoms with van der Waals surface area (Å²) >= 11 is 0. The van der Waals surface area contributed by atoms with Gasteiger partial charge in [-0.2, -0.15) is 0 Å². The minimum absolute atomic E-state index is 0.168. The predicted molar refractivity (Wildman–Crippen MR) is 102 cm³/mol. The molecule has 0 radical (unpaired) electrons. The molecule has 0 spiro atoms. The van der Waals surface area contributed by atoms with Crippen LogP contribution in [-0.4, -0.2) is 25.2 Å². The van der Waals surface area contributed by atoms with Crippen LogP contribution in [0.15, 0.2) is 42.5 Å². The van der Waals surface area contributed by atoms with Gasteiger partial charge in [-0.15, -0.1) is 0 Å². The molecule has 2 rings (SSSR count). The van der Waals surface area contributed by atoms with Crippen LogP contribution in [0.25, 0.3) is 0 Å². The standard InChI is InChI=1S/C21H27NO4/c1-5-24-19-11-10-17(13-20(19)25-6-2)14-22-21(23)16(4)26-18-9-7-8-15(3)12-18/h7-13,16H,5-6,14H2,1-4H3,(H,22,23). The Kier molecular flexibility index (Phi) is 7.33. The molecule has 0 saturated carbocycles. The maximum absolute atomic E-state index is 12.3. The third-order valence-corrected chi connectivity index (χ3v) is 3.75. The number of rotatable bonds is 9. The summed E-state index contributed by atoms with van der Waals surface area (Å²) < 4.78 is 16.9. The molecule has 0 saturated heterocycles. The van der Waals surface area contributed by atoms with Crippen LogP contribution in [0.2, 0.25) is 0 Å². The first kappa shape index (κ1) is 19.6. The van der Waals surface area contributed by atoms with E-state index in [1.165, 1.54) is 0 Å². The van der Waals surface area contributed by atoms with Crippen molar-refractivity contribution >= 4 is 5.91 Å². The Balaban J connectivity index is 1.94. The molecule has 1 atom stereocenters. The van der Waals surface area contributed by atoms with Crippen molar-refractivity contribution in [3.8, 4) is 17.2 Å². The van der Waals surface area contributed by atoms with E-state index >= 15 is 0 Å². The van der Waals surface area contributed by atoms with Crippen molar-refractivity contribution in [2.75, 3.05) is 13.2 Å². The number of carbonyl (C=O) groups is 1. The molecule has 0 fully saturated rings. The maximum atomic E-state index is 12.3. The van der Waals surface area contributed by atoms with E-state index in [1.807, 2.05) is 63.2 Å². The van der Waals surface area contributed by atoms with E-state index < -0.39 is 6.10 Å². The van der Waals surface area contributed by atoms with Crippen molar-refractivity contribution in [1.29, 1.82) is 0 Å². The highest BCUT2D eigenvalue weighted by Gasteiger charge is 2.15. The van der Waals surface area contributed by atoms with Crippen molar-refractivity contribution in [2.45, 2.75) is 40.3 Å². The summed E-state index contributed by atoms with van der Waals surface area (Å²) in [5.41, 5.74) is 2.03. The Morgan fingerprint density at radius 3 is 2.46 bits per heavy atom. The van der Waals surface area contributed by atoms with E-state index in [-0.39, 0.29) is 5.91 Å². The monoisotopic (exact) mass is 357 g/mol. The topological polar surface area (TPSA) is 56.8 Å². The number of carbonyl (C=O) groups excluding carboxylic acids is 1. The van der Waals surface area contributed by atoms with Gasteiger partial charge < -0.3 is 19.5 Å². The lowest BCUT2D eigenvalue weighted by Crippen LogP contribution is -2.35. The van der Waals surface area contributed by atoms with Crippen LogP contribution in [0.4, 0.5) is 0 Å². The smallest absolute Gasteiger partial charge is 0.261 e. The summed E-state index contributed by atoms with van der Waals surface area (Å²) in [5, 5.41) is 2.89. The number of hydrogen-bond donors (Lipinski definition) is 1. The Hall–Kier alpha value is -2.69. The molecular formula is C21H27NO4. The fourth-order valence-corrected chi connectivity index (χ4v) is 2.48. The van der Waals surface area contributed by atoms with E-state index in [0.717, 1.165) is 11.1 Å². The van der Waals surface area contributed by atoms with Gasteiger partial charge in [0.2, 0.25) is 0 Å². The van der Waals surface area contributed by atoms with Crippen molar-refractivity contribution in [1.82, 2.24) is 5.32 Å². The first-order chi connectivity index (χ1) is 12.5. The van der Waals surface area contributed by atoms with Crippen LogP contribution in [-0.2, 0) is 11.3 Å². The van der Waals surface area contributed by atoms with Gasteiger partial charge >= 0.3 is 0 Å². The zero-order valence-corrected chi connectivity index (χ0v) is 15.9. The van der Waals surface area contributed by atoms with E-state index in [1.54, 1.807) is 6.92 Å². The van der Waals surface area contributed by atoms with Gasteiger partial charge in [-0.25, -0.2) is 0 Å². The molecule has 0 bridgehead atoms. The fraction of sp³-hybridized carbons (Fsp3) is 0.381. The van der Waals surface area contributed by atoms with Gasteiger partial charge in [0.15, 0.2) is 17.6 Å². The molecule has 0 aliphatic carbocycles. The summed E-state index contributed by atoms with van der Waals surface area (Å²) in [5.74, 6) is 1.91. The van der Waals surface area contributed by atoms with Crippen LogP contribution < -0.4 is 19.5 Å². The number of nitrogens with one attached hydrogen (secondary N) is 1. The van der Waals surface area contributed by atoms with E-state index in [4.69, 9.17) is 14.2 Å². The Labute approximate surface area is 155 Å². The average Bonchev–Trinajstić information content (AvgIpc) is 2.62. The summed E-state index contributed by atoms with van der Waals surface area (Å²) in [6, 6.07) is 13.3. The third kappa shape index (κ3) is 5.69. The second-order valence-corrected chi connectivity index (χ2v) is 5.94. The number of aryl methyl sites for hydroxylation is 1. The number of ether oxygens (including phenoxy) is 3. The summed E-state index contributed by atoms with van der Waals surface area (Å²) in [7, 11) is 0. The highest BCUT2D eigenvalue weighted by molar-refractivity contribution is 5.80. The number of hydrogen-bond acceptors (Lipinski definition) is 4. The summed E-state index contributed by atoms with van der Waals surface area (Å²) in [6.07, 6.45) is -0.578. The molecule has 2 aromatic carbocycles. The van der Waals surface area contributed by atoms with Gasteiger partial charge in [0.1, 0.15) is 5.75 Å². The van der Waals surface area contributed by atoms with Crippen molar-refractivity contribution in [3.05, 3.63) is 53.6 Å². The van der Waals surface area contributed by atoms with Gasteiger partial charge in [0.05, 0.1) is 13.2 Å². The van der Waals surface area contributed by atoms with Crippen LogP contribution in [0.5, 0.6) is 17.2 Å². The van der Waals surface area contributed by atoms with Gasteiger partial charge in [-0.1, -0.05) is 18.2 Å². The normalized spacial score (nSPS) is 11.5. The maximum Gasteiger partial charge on any atom is 0.261 e. The lowest BCUT2D eigenvalue weighted by Gasteiger charge is -2.16. The SMILES string of the molecule is CCOc1ccc(CNC(=O)C(C)Oc2cccc(C)c2)cc1OCC. The molecule has 2 aromatic rings. The molecule has 140 valence electrons. The Morgan fingerprint density at radius 2 is 1.77 bits per heavy atom. The van der Waals surface area contributed by atoms with E-state index in [2.05, 4.69) is 5.32 Å². The van der Waals surface area contributed by atoms with Crippen molar-refractivity contribution in [3.63, 3.8) is 0 Å². The molecule has 1 unspecified atom stereocenters. The van der Waals surface area contributed by atoms with Crippen LogP contribution >= 0.6 is 0 Å². The molecule has 0 heterocycles. The highest BCUT2D eigenvalue weighted by atomic mass is 16.5. The van der Waals surface area contributed by atoms with Crippen molar-refractivity contribution in [2.24, 2.45) is 0 Å².